The van der Waals surface area contributed by atoms with Crippen LogP contribution in [0.2, 0.25) is 0 Å². The molecule has 0 bridgehead atoms. The first-order valence-corrected chi connectivity index (χ1v) is 11.7. The van der Waals surface area contributed by atoms with Crippen LogP contribution in [0.15, 0.2) is 47.0 Å². The Bertz CT molecular complexity index is 1290. The first-order chi connectivity index (χ1) is 16.2. The molecule has 2 aromatic heterocycles. The van der Waals surface area contributed by atoms with Gasteiger partial charge in [-0.3, -0.25) is 9.88 Å². The summed E-state index contributed by atoms with van der Waals surface area (Å²) in [6.07, 6.45) is 3.12. The summed E-state index contributed by atoms with van der Waals surface area (Å²) in [6, 6.07) is 13.5. The Kier molecular flexibility index (Phi) is 5.11. The quantitative estimate of drug-likeness (QED) is 0.515. The largest absolute Gasteiger partial charge is 0.424 e. The molecule has 0 amide bonds. The van der Waals surface area contributed by atoms with Crippen molar-refractivity contribution in [2.45, 2.75) is 12.5 Å². The molecule has 6 rings (SSSR count). The Morgan fingerprint density at radius 1 is 0.909 bits per heavy atom. The van der Waals surface area contributed by atoms with E-state index in [1.165, 1.54) is 6.42 Å². The minimum atomic E-state index is 0.525. The van der Waals surface area contributed by atoms with Crippen molar-refractivity contribution in [2.75, 3.05) is 63.6 Å². The Labute approximate surface area is 193 Å². The zero-order valence-electron chi connectivity index (χ0n) is 19.2. The second-order valence-electron chi connectivity index (χ2n) is 9.11. The molecule has 8 nitrogen and oxygen atoms in total. The highest BCUT2D eigenvalue weighted by molar-refractivity contribution is 5.86. The van der Waals surface area contributed by atoms with E-state index in [4.69, 9.17) is 14.4 Å². The van der Waals surface area contributed by atoms with E-state index in [0.717, 1.165) is 78.3 Å². The number of piperazine rings is 1. The topological polar surface area (TPSA) is 73.6 Å². The van der Waals surface area contributed by atoms with E-state index < -0.39 is 0 Å². The number of nitrogens with one attached hydrogen (secondary N) is 1. The fraction of sp³-hybridized carbons (Fsp3) is 0.400. The molecule has 2 saturated heterocycles. The third kappa shape index (κ3) is 3.89. The predicted molar refractivity (Wildman–Crippen MR) is 132 cm³/mol. The molecule has 2 aromatic carbocycles. The molecule has 0 saturated carbocycles. The summed E-state index contributed by atoms with van der Waals surface area (Å²) in [4.78, 5) is 21.6. The SMILES string of the molecule is CNc1nc2cc(-c3ccc4ncc(N5CCC(N6CCN(C)CC6)C5)nc4c3)ccc2o1. The molecule has 1 unspecified atom stereocenters. The van der Waals surface area contributed by atoms with Gasteiger partial charge >= 0.3 is 0 Å². The van der Waals surface area contributed by atoms with Crippen LogP contribution in [0.4, 0.5) is 11.8 Å². The van der Waals surface area contributed by atoms with Crippen LogP contribution in [-0.2, 0) is 0 Å². The van der Waals surface area contributed by atoms with Crippen LogP contribution >= 0.6 is 0 Å². The fourth-order valence-electron chi connectivity index (χ4n) is 4.98. The van der Waals surface area contributed by atoms with Gasteiger partial charge in [0.2, 0.25) is 0 Å². The molecular weight excluding hydrogens is 414 g/mol. The Morgan fingerprint density at radius 3 is 2.52 bits per heavy atom. The van der Waals surface area contributed by atoms with Gasteiger partial charge in [-0.05, 0) is 48.9 Å². The summed E-state index contributed by atoms with van der Waals surface area (Å²) >= 11 is 0. The molecule has 4 aromatic rings. The first-order valence-electron chi connectivity index (χ1n) is 11.7. The maximum Gasteiger partial charge on any atom is 0.295 e. The number of hydrogen-bond donors (Lipinski definition) is 1. The number of benzene rings is 2. The van der Waals surface area contributed by atoms with Crippen molar-refractivity contribution in [2.24, 2.45) is 0 Å². The molecule has 8 heteroatoms. The van der Waals surface area contributed by atoms with Gasteiger partial charge in [0.05, 0.1) is 17.2 Å². The summed E-state index contributed by atoms with van der Waals surface area (Å²) in [5.41, 5.74) is 5.63. The molecule has 0 spiro atoms. The number of rotatable bonds is 4. The van der Waals surface area contributed by atoms with Gasteiger partial charge in [-0.15, -0.1) is 0 Å². The average molecular weight is 444 g/mol. The van der Waals surface area contributed by atoms with Crippen LogP contribution in [0.3, 0.4) is 0 Å². The van der Waals surface area contributed by atoms with Gasteiger partial charge in [-0.1, -0.05) is 12.1 Å². The van der Waals surface area contributed by atoms with E-state index in [0.29, 0.717) is 12.1 Å². The smallest absolute Gasteiger partial charge is 0.295 e. The van der Waals surface area contributed by atoms with Crippen LogP contribution in [0.25, 0.3) is 33.3 Å². The van der Waals surface area contributed by atoms with Crippen molar-refractivity contribution in [3.05, 3.63) is 42.6 Å². The molecule has 33 heavy (non-hydrogen) atoms. The van der Waals surface area contributed by atoms with Gasteiger partial charge in [0.15, 0.2) is 5.58 Å². The fourth-order valence-corrected chi connectivity index (χ4v) is 4.98. The average Bonchev–Trinajstić information content (AvgIpc) is 3.50. The first kappa shape index (κ1) is 20.4. The zero-order valence-corrected chi connectivity index (χ0v) is 19.2. The van der Waals surface area contributed by atoms with Crippen LogP contribution in [0, 0.1) is 0 Å². The number of anilines is 2. The molecule has 1 atom stereocenters. The van der Waals surface area contributed by atoms with E-state index in [1.807, 2.05) is 18.3 Å². The summed E-state index contributed by atoms with van der Waals surface area (Å²) in [7, 11) is 4.01. The number of likely N-dealkylation sites (N-methyl/N-ethyl adjacent to an activating group) is 1. The van der Waals surface area contributed by atoms with Crippen molar-refractivity contribution in [3.63, 3.8) is 0 Å². The second-order valence-corrected chi connectivity index (χ2v) is 9.11. The van der Waals surface area contributed by atoms with E-state index in [2.05, 4.69) is 56.3 Å². The summed E-state index contributed by atoms with van der Waals surface area (Å²) in [5.74, 6) is 0.974. The normalized spacial score (nSPS) is 20.2. The van der Waals surface area contributed by atoms with Crippen LogP contribution in [-0.4, -0.2) is 84.2 Å². The molecule has 0 aliphatic carbocycles. The van der Waals surface area contributed by atoms with E-state index in [9.17, 15) is 0 Å². The number of aromatic nitrogens is 3. The lowest BCUT2D eigenvalue weighted by atomic mass is 10.0. The van der Waals surface area contributed by atoms with Gasteiger partial charge in [0, 0.05) is 52.4 Å². The van der Waals surface area contributed by atoms with E-state index in [1.54, 1.807) is 7.05 Å². The lowest BCUT2D eigenvalue weighted by molar-refractivity contribution is 0.120. The monoisotopic (exact) mass is 443 g/mol. The molecule has 2 fully saturated rings. The highest BCUT2D eigenvalue weighted by atomic mass is 16.4. The number of fused-ring (bicyclic) bond motifs is 2. The Hall–Kier alpha value is -3.23. The minimum absolute atomic E-state index is 0.525. The molecule has 2 aliphatic rings. The van der Waals surface area contributed by atoms with Crippen molar-refractivity contribution in [1.82, 2.24) is 24.8 Å². The highest BCUT2D eigenvalue weighted by Crippen LogP contribution is 2.29. The third-order valence-electron chi connectivity index (χ3n) is 7.01. The van der Waals surface area contributed by atoms with Gasteiger partial charge in [0.1, 0.15) is 11.3 Å². The minimum Gasteiger partial charge on any atom is -0.424 e. The summed E-state index contributed by atoms with van der Waals surface area (Å²) in [6.45, 7) is 6.70. The molecule has 4 heterocycles. The molecule has 2 aliphatic heterocycles. The lowest BCUT2D eigenvalue weighted by Crippen LogP contribution is -2.49. The van der Waals surface area contributed by atoms with Gasteiger partial charge in [-0.2, -0.15) is 4.98 Å². The maximum absolute atomic E-state index is 5.65. The second kappa shape index (κ2) is 8.28. The highest BCUT2D eigenvalue weighted by Gasteiger charge is 2.30. The van der Waals surface area contributed by atoms with Crippen molar-refractivity contribution < 1.29 is 4.42 Å². The van der Waals surface area contributed by atoms with Gasteiger partial charge in [0.25, 0.3) is 6.01 Å². The number of nitrogens with zero attached hydrogens (tertiary/aromatic N) is 6. The molecular formula is C25H29N7O. The van der Waals surface area contributed by atoms with Crippen LogP contribution in [0.1, 0.15) is 6.42 Å². The van der Waals surface area contributed by atoms with Crippen molar-refractivity contribution in [3.8, 4) is 11.1 Å². The van der Waals surface area contributed by atoms with Crippen LogP contribution in [0.5, 0.6) is 0 Å². The van der Waals surface area contributed by atoms with Gasteiger partial charge in [-0.25, -0.2) is 4.98 Å². The summed E-state index contributed by atoms with van der Waals surface area (Å²) in [5, 5.41) is 2.95. The predicted octanol–water partition coefficient (Wildman–Crippen LogP) is 3.31. The Morgan fingerprint density at radius 2 is 1.70 bits per heavy atom. The van der Waals surface area contributed by atoms with Crippen molar-refractivity contribution in [1.29, 1.82) is 0 Å². The van der Waals surface area contributed by atoms with Crippen LogP contribution < -0.4 is 10.2 Å². The third-order valence-corrected chi connectivity index (χ3v) is 7.01. The standard InChI is InChI=1S/C25H29N7O/c1-26-25-29-22-14-18(4-6-23(22)33-25)17-3-5-20-21(13-17)28-24(15-27-20)32-8-7-19(16-32)31-11-9-30(2)10-12-31/h3-6,13-15,19H,7-12,16H2,1-2H3,(H,26,29). The molecule has 1 N–H and O–H groups in total. The number of hydrogen-bond acceptors (Lipinski definition) is 8. The maximum atomic E-state index is 5.65. The van der Waals surface area contributed by atoms with Gasteiger partial charge < -0.3 is 19.5 Å². The zero-order chi connectivity index (χ0) is 22.4. The summed E-state index contributed by atoms with van der Waals surface area (Å²) < 4.78 is 5.65. The van der Waals surface area contributed by atoms with E-state index >= 15 is 0 Å². The van der Waals surface area contributed by atoms with Crippen molar-refractivity contribution >= 4 is 34.0 Å². The van der Waals surface area contributed by atoms with E-state index in [-0.39, 0.29) is 0 Å². The molecule has 0 radical (unpaired) electrons. The molecule has 170 valence electrons. The Balaban J connectivity index is 1.25. The number of oxazole rings is 1. The lowest BCUT2D eigenvalue weighted by Gasteiger charge is -2.36.